The maximum Gasteiger partial charge on any atom is 0.275 e. The number of nitrogens with one attached hydrogen (secondary N) is 2. The highest BCUT2D eigenvalue weighted by molar-refractivity contribution is 7.13. The van der Waals surface area contributed by atoms with Gasteiger partial charge in [0, 0.05) is 28.7 Å². The lowest BCUT2D eigenvalue weighted by Gasteiger charge is -2.10. The maximum atomic E-state index is 12.6. The molecule has 3 aromatic rings. The molecule has 0 saturated heterocycles. The molecule has 0 aliphatic carbocycles. The van der Waals surface area contributed by atoms with Gasteiger partial charge >= 0.3 is 0 Å². The van der Waals surface area contributed by atoms with Gasteiger partial charge in [0.1, 0.15) is 10.7 Å². The number of anilines is 1. The number of hydrogen-bond acceptors (Lipinski definition) is 4. The van der Waals surface area contributed by atoms with E-state index in [-0.39, 0.29) is 11.8 Å². The van der Waals surface area contributed by atoms with Crippen molar-refractivity contribution in [3.63, 3.8) is 0 Å². The molecule has 2 N–H and O–H groups in total. The first-order chi connectivity index (χ1) is 13.0. The summed E-state index contributed by atoms with van der Waals surface area (Å²) < 4.78 is 0. The summed E-state index contributed by atoms with van der Waals surface area (Å²) in [6.45, 7) is 4.26. The van der Waals surface area contributed by atoms with Gasteiger partial charge in [-0.1, -0.05) is 35.9 Å². The van der Waals surface area contributed by atoms with E-state index in [1.54, 1.807) is 29.6 Å². The van der Waals surface area contributed by atoms with Crippen molar-refractivity contribution in [2.24, 2.45) is 0 Å². The van der Waals surface area contributed by atoms with E-state index in [1.807, 2.05) is 32.0 Å². The third-order valence-electron chi connectivity index (χ3n) is 3.93. The highest BCUT2D eigenvalue weighted by Gasteiger charge is 2.15. The summed E-state index contributed by atoms with van der Waals surface area (Å²) in [5.41, 5.74) is 3.03. The molecule has 0 fully saturated rings. The van der Waals surface area contributed by atoms with Crippen molar-refractivity contribution < 1.29 is 9.59 Å². The topological polar surface area (TPSA) is 71.1 Å². The van der Waals surface area contributed by atoms with Gasteiger partial charge in [-0.15, -0.1) is 11.3 Å². The van der Waals surface area contributed by atoms with Gasteiger partial charge in [0.2, 0.25) is 0 Å². The average Bonchev–Trinajstić information content (AvgIpc) is 3.14. The van der Waals surface area contributed by atoms with Crippen molar-refractivity contribution >= 4 is 40.4 Å². The molecular weight excluding hydrogens is 382 g/mol. The Morgan fingerprint density at radius 1 is 1.15 bits per heavy atom. The molecular formula is C20H18ClN3O2S. The molecule has 0 aliphatic rings. The summed E-state index contributed by atoms with van der Waals surface area (Å²) >= 11 is 7.55. The Labute approximate surface area is 166 Å². The van der Waals surface area contributed by atoms with Crippen molar-refractivity contribution in [2.75, 3.05) is 11.9 Å². The van der Waals surface area contributed by atoms with Crippen LogP contribution in [-0.4, -0.2) is 23.3 Å². The van der Waals surface area contributed by atoms with Crippen LogP contribution in [0.4, 0.5) is 5.69 Å². The minimum Gasteiger partial charge on any atom is -0.352 e. The number of nitrogens with zero attached hydrogens (tertiary/aromatic N) is 1. The van der Waals surface area contributed by atoms with Crippen LogP contribution in [0.15, 0.2) is 47.8 Å². The van der Waals surface area contributed by atoms with Crippen LogP contribution in [0.1, 0.15) is 33.3 Å². The normalized spacial score (nSPS) is 10.5. The van der Waals surface area contributed by atoms with Crippen LogP contribution in [-0.2, 0) is 0 Å². The summed E-state index contributed by atoms with van der Waals surface area (Å²) in [6.07, 6.45) is 0. The van der Waals surface area contributed by atoms with E-state index in [1.165, 1.54) is 11.3 Å². The van der Waals surface area contributed by atoms with Gasteiger partial charge < -0.3 is 10.6 Å². The van der Waals surface area contributed by atoms with Crippen LogP contribution in [0.3, 0.4) is 0 Å². The van der Waals surface area contributed by atoms with Crippen LogP contribution in [0.25, 0.3) is 10.6 Å². The minimum atomic E-state index is -0.333. The minimum absolute atomic E-state index is 0.178. The first-order valence-electron chi connectivity index (χ1n) is 8.40. The van der Waals surface area contributed by atoms with E-state index >= 15 is 0 Å². The molecule has 0 unspecified atom stereocenters. The van der Waals surface area contributed by atoms with Gasteiger partial charge in [0.25, 0.3) is 11.8 Å². The molecule has 7 heteroatoms. The molecule has 0 radical (unpaired) electrons. The Morgan fingerprint density at radius 2 is 1.93 bits per heavy atom. The molecule has 0 aliphatic heterocycles. The van der Waals surface area contributed by atoms with Crippen LogP contribution < -0.4 is 10.6 Å². The van der Waals surface area contributed by atoms with E-state index in [0.717, 1.165) is 11.1 Å². The number of carbonyl (C=O) groups excluding carboxylic acids is 2. The summed E-state index contributed by atoms with van der Waals surface area (Å²) in [6, 6.07) is 12.6. The van der Waals surface area contributed by atoms with Gasteiger partial charge in [0.05, 0.1) is 5.02 Å². The Kier molecular flexibility index (Phi) is 5.88. The predicted molar refractivity (Wildman–Crippen MR) is 110 cm³/mol. The monoisotopic (exact) mass is 399 g/mol. The van der Waals surface area contributed by atoms with Crippen molar-refractivity contribution in [1.29, 1.82) is 0 Å². The van der Waals surface area contributed by atoms with Crippen LogP contribution in [0.2, 0.25) is 5.02 Å². The molecule has 2 amide bonds. The number of aryl methyl sites for hydroxylation is 1. The largest absolute Gasteiger partial charge is 0.352 e. The van der Waals surface area contributed by atoms with Crippen LogP contribution >= 0.6 is 22.9 Å². The Hall–Kier alpha value is -2.70. The quantitative estimate of drug-likeness (QED) is 0.648. The summed E-state index contributed by atoms with van der Waals surface area (Å²) in [4.78, 5) is 29.0. The summed E-state index contributed by atoms with van der Waals surface area (Å²) in [7, 11) is 0. The second-order valence-electron chi connectivity index (χ2n) is 5.86. The Bertz CT molecular complexity index is 1000. The zero-order valence-corrected chi connectivity index (χ0v) is 16.4. The number of benzene rings is 2. The van der Waals surface area contributed by atoms with Crippen molar-refractivity contribution in [2.45, 2.75) is 13.8 Å². The number of rotatable bonds is 5. The molecule has 1 heterocycles. The highest BCUT2D eigenvalue weighted by atomic mass is 35.5. The fourth-order valence-electron chi connectivity index (χ4n) is 2.48. The van der Waals surface area contributed by atoms with Crippen LogP contribution in [0.5, 0.6) is 0 Å². The number of halogens is 1. The van der Waals surface area contributed by atoms with Gasteiger partial charge in [-0.3, -0.25) is 9.59 Å². The lowest BCUT2D eigenvalue weighted by molar-refractivity contribution is 0.0954. The molecule has 27 heavy (non-hydrogen) atoms. The smallest absolute Gasteiger partial charge is 0.275 e. The third kappa shape index (κ3) is 4.35. The number of carbonyl (C=O) groups is 2. The van der Waals surface area contributed by atoms with E-state index in [4.69, 9.17) is 11.6 Å². The molecule has 0 atom stereocenters. The van der Waals surface area contributed by atoms with Gasteiger partial charge in [-0.25, -0.2) is 4.98 Å². The zero-order valence-electron chi connectivity index (χ0n) is 14.9. The highest BCUT2D eigenvalue weighted by Crippen LogP contribution is 2.30. The van der Waals surface area contributed by atoms with E-state index in [0.29, 0.717) is 33.5 Å². The molecule has 0 saturated carbocycles. The molecule has 5 nitrogen and oxygen atoms in total. The Morgan fingerprint density at radius 3 is 2.67 bits per heavy atom. The molecule has 2 aromatic carbocycles. The lowest BCUT2D eigenvalue weighted by Crippen LogP contribution is -2.23. The van der Waals surface area contributed by atoms with Gasteiger partial charge in [0.15, 0.2) is 0 Å². The number of hydrogen-bond donors (Lipinski definition) is 2. The summed E-state index contributed by atoms with van der Waals surface area (Å²) in [5, 5.41) is 8.54. The second kappa shape index (κ2) is 8.33. The maximum absolute atomic E-state index is 12.6. The third-order valence-corrected chi connectivity index (χ3v) is 5.13. The molecule has 0 spiro atoms. The first-order valence-corrected chi connectivity index (χ1v) is 9.66. The van der Waals surface area contributed by atoms with Gasteiger partial charge in [-0.05, 0) is 37.6 Å². The predicted octanol–water partition coefficient (Wildman–Crippen LogP) is 4.77. The second-order valence-corrected chi connectivity index (χ2v) is 7.13. The average molecular weight is 400 g/mol. The fraction of sp³-hybridized carbons (Fsp3) is 0.150. The number of amides is 2. The van der Waals surface area contributed by atoms with Crippen LogP contribution in [0, 0.1) is 6.92 Å². The summed E-state index contributed by atoms with van der Waals surface area (Å²) in [5.74, 6) is -0.511. The fourth-order valence-corrected chi connectivity index (χ4v) is 3.60. The number of aromatic nitrogens is 1. The van der Waals surface area contributed by atoms with Crippen molar-refractivity contribution in [3.05, 3.63) is 69.7 Å². The molecule has 3 rings (SSSR count). The van der Waals surface area contributed by atoms with Gasteiger partial charge in [-0.2, -0.15) is 0 Å². The SMILES string of the molecule is CCNC(=O)c1ccc(C)c(NC(=O)c2csc(-c3ccccc3Cl)n2)c1. The van der Waals surface area contributed by atoms with E-state index in [2.05, 4.69) is 15.6 Å². The molecule has 138 valence electrons. The number of thiazole rings is 1. The Balaban J connectivity index is 1.81. The standard InChI is InChI=1S/C20H18ClN3O2S/c1-3-22-18(25)13-9-8-12(2)16(10-13)23-19(26)17-11-27-20(24-17)14-6-4-5-7-15(14)21/h4-11H,3H2,1-2H3,(H,22,25)(H,23,26). The molecule has 0 bridgehead atoms. The van der Waals surface area contributed by atoms with E-state index < -0.39 is 0 Å². The lowest BCUT2D eigenvalue weighted by atomic mass is 10.1. The van der Waals surface area contributed by atoms with E-state index in [9.17, 15) is 9.59 Å². The van der Waals surface area contributed by atoms with Crippen molar-refractivity contribution in [1.82, 2.24) is 10.3 Å². The zero-order chi connectivity index (χ0) is 19.4. The molecule has 1 aromatic heterocycles. The first kappa shape index (κ1) is 19.1. The van der Waals surface area contributed by atoms with Crippen molar-refractivity contribution in [3.8, 4) is 10.6 Å².